The number of likely N-dealkylation sites (N-methyl/N-ethyl adjacent to an activating group) is 1. The number of hydrogen-bond acceptors (Lipinski definition) is 6. The number of nitrogens with one attached hydrogen (secondary N) is 1. The van der Waals surface area contributed by atoms with E-state index in [4.69, 9.17) is 4.52 Å². The molecule has 0 unspecified atom stereocenters. The number of amides is 2. The minimum atomic E-state index is -0.505. The lowest BCUT2D eigenvalue weighted by Gasteiger charge is -2.40. The number of aromatic nitrogens is 2. The van der Waals surface area contributed by atoms with Gasteiger partial charge >= 0.3 is 0 Å². The Kier molecular flexibility index (Phi) is 6.18. The van der Waals surface area contributed by atoms with Crippen molar-refractivity contribution in [3.8, 4) is 0 Å². The summed E-state index contributed by atoms with van der Waals surface area (Å²) in [5.74, 6) is 0.0618. The van der Waals surface area contributed by atoms with Crippen LogP contribution < -0.4 is 10.9 Å². The highest BCUT2D eigenvalue weighted by Gasteiger charge is 2.32. The van der Waals surface area contributed by atoms with Gasteiger partial charge in [0.2, 0.25) is 5.91 Å². The second-order valence-corrected chi connectivity index (χ2v) is 7.91. The number of nitrogens with zero attached hydrogens (tertiary/aromatic N) is 4. The summed E-state index contributed by atoms with van der Waals surface area (Å²) in [7, 11) is 2.02. The van der Waals surface area contributed by atoms with Crippen molar-refractivity contribution < 1.29 is 14.1 Å². The topological polar surface area (TPSA) is 101 Å². The Hall–Kier alpha value is -3.72. The van der Waals surface area contributed by atoms with Gasteiger partial charge in [-0.2, -0.15) is 0 Å². The van der Waals surface area contributed by atoms with E-state index in [-0.39, 0.29) is 29.9 Å². The Morgan fingerprint density at radius 3 is 2.66 bits per heavy atom. The molecule has 0 bridgehead atoms. The van der Waals surface area contributed by atoms with Gasteiger partial charge in [-0.25, -0.2) is 0 Å². The first-order valence-corrected chi connectivity index (χ1v) is 10.4. The standard InChI is InChI=1S/C23H25N5O4/c1-16-13-20(25-32-16)24-21(29)15-27-10-6-9-18(22(27)30)23(31)28-12-11-26(2)14-19(28)17-7-4-3-5-8-17/h3-10,13,19H,11-12,14-15H2,1-2H3,(H,24,25,29)/t19-/m0/s1. The van der Waals surface area contributed by atoms with Gasteiger partial charge in [0, 0.05) is 31.9 Å². The van der Waals surface area contributed by atoms with Gasteiger partial charge in [-0.3, -0.25) is 14.4 Å². The van der Waals surface area contributed by atoms with Crippen molar-refractivity contribution in [1.29, 1.82) is 0 Å². The number of carbonyl (C=O) groups is 2. The van der Waals surface area contributed by atoms with E-state index < -0.39 is 11.5 Å². The fourth-order valence-corrected chi connectivity index (χ4v) is 3.86. The number of piperazine rings is 1. The molecule has 32 heavy (non-hydrogen) atoms. The predicted molar refractivity (Wildman–Crippen MR) is 118 cm³/mol. The molecule has 166 valence electrons. The third-order valence-corrected chi connectivity index (χ3v) is 5.49. The Morgan fingerprint density at radius 2 is 1.94 bits per heavy atom. The van der Waals surface area contributed by atoms with Crippen LogP contribution in [0.3, 0.4) is 0 Å². The molecule has 1 aliphatic heterocycles. The Bertz CT molecular complexity index is 1170. The molecule has 0 aliphatic carbocycles. The van der Waals surface area contributed by atoms with E-state index in [1.165, 1.54) is 16.8 Å². The molecule has 1 saturated heterocycles. The van der Waals surface area contributed by atoms with Gasteiger partial charge in [0.15, 0.2) is 5.82 Å². The maximum absolute atomic E-state index is 13.4. The number of pyridine rings is 1. The molecule has 1 N–H and O–H groups in total. The molecule has 1 aliphatic rings. The van der Waals surface area contributed by atoms with Crippen LogP contribution in [0.1, 0.15) is 27.7 Å². The number of aryl methyl sites for hydroxylation is 1. The molecule has 3 aromatic rings. The average molecular weight is 435 g/mol. The lowest BCUT2D eigenvalue weighted by atomic mass is 10.0. The molecule has 1 atom stereocenters. The van der Waals surface area contributed by atoms with Crippen LogP contribution in [0, 0.1) is 6.92 Å². The van der Waals surface area contributed by atoms with E-state index in [9.17, 15) is 14.4 Å². The second kappa shape index (κ2) is 9.19. The lowest BCUT2D eigenvalue weighted by molar-refractivity contribution is -0.116. The van der Waals surface area contributed by atoms with Crippen molar-refractivity contribution >= 4 is 17.6 Å². The van der Waals surface area contributed by atoms with Gasteiger partial charge < -0.3 is 24.2 Å². The van der Waals surface area contributed by atoms with E-state index in [0.29, 0.717) is 18.8 Å². The van der Waals surface area contributed by atoms with Gasteiger partial charge in [-0.15, -0.1) is 0 Å². The molecule has 2 amide bonds. The molecule has 3 heterocycles. The number of benzene rings is 1. The van der Waals surface area contributed by atoms with Crippen molar-refractivity contribution in [3.05, 3.63) is 82.0 Å². The number of anilines is 1. The summed E-state index contributed by atoms with van der Waals surface area (Å²) in [6, 6.07) is 14.3. The molecule has 1 aromatic carbocycles. The smallest absolute Gasteiger partial charge is 0.263 e. The van der Waals surface area contributed by atoms with Crippen molar-refractivity contribution in [3.63, 3.8) is 0 Å². The van der Waals surface area contributed by atoms with Crippen LogP contribution in [-0.4, -0.2) is 58.0 Å². The molecule has 9 heteroatoms. The van der Waals surface area contributed by atoms with Crippen LogP contribution in [0.25, 0.3) is 0 Å². The molecular weight excluding hydrogens is 410 g/mol. The summed E-state index contributed by atoms with van der Waals surface area (Å²) < 4.78 is 6.15. The van der Waals surface area contributed by atoms with Crippen LogP contribution in [-0.2, 0) is 11.3 Å². The number of carbonyl (C=O) groups excluding carboxylic acids is 2. The second-order valence-electron chi connectivity index (χ2n) is 7.91. The third-order valence-electron chi connectivity index (χ3n) is 5.49. The minimum Gasteiger partial charge on any atom is -0.360 e. The van der Waals surface area contributed by atoms with E-state index in [1.54, 1.807) is 24.0 Å². The molecule has 9 nitrogen and oxygen atoms in total. The van der Waals surface area contributed by atoms with Crippen molar-refractivity contribution in [2.75, 3.05) is 32.0 Å². The Morgan fingerprint density at radius 1 is 1.16 bits per heavy atom. The maximum atomic E-state index is 13.4. The zero-order valence-corrected chi connectivity index (χ0v) is 18.0. The van der Waals surface area contributed by atoms with E-state index in [2.05, 4.69) is 15.4 Å². The van der Waals surface area contributed by atoms with Crippen molar-refractivity contribution in [1.82, 2.24) is 19.5 Å². The van der Waals surface area contributed by atoms with Gasteiger partial charge in [0.05, 0.1) is 6.04 Å². The van der Waals surface area contributed by atoms with Gasteiger partial charge in [0.25, 0.3) is 11.5 Å². The average Bonchev–Trinajstić information content (AvgIpc) is 3.19. The van der Waals surface area contributed by atoms with Crippen molar-refractivity contribution in [2.24, 2.45) is 0 Å². The van der Waals surface area contributed by atoms with Crippen LogP contribution >= 0.6 is 0 Å². The summed E-state index contributed by atoms with van der Waals surface area (Å²) in [5, 5.41) is 6.29. The fraction of sp³-hybridized carbons (Fsp3) is 0.304. The van der Waals surface area contributed by atoms with Crippen LogP contribution in [0.15, 0.2) is 64.0 Å². The third kappa shape index (κ3) is 4.62. The zero-order valence-electron chi connectivity index (χ0n) is 18.0. The first-order chi connectivity index (χ1) is 15.4. The highest BCUT2D eigenvalue weighted by molar-refractivity contribution is 5.94. The zero-order chi connectivity index (χ0) is 22.7. The molecule has 1 fully saturated rings. The van der Waals surface area contributed by atoms with Crippen LogP contribution in [0.4, 0.5) is 5.82 Å². The molecule has 4 rings (SSSR count). The summed E-state index contributed by atoms with van der Waals surface area (Å²) in [6.07, 6.45) is 1.49. The fourth-order valence-electron chi connectivity index (χ4n) is 3.86. The van der Waals surface area contributed by atoms with Crippen LogP contribution in [0.2, 0.25) is 0 Å². The highest BCUT2D eigenvalue weighted by Crippen LogP contribution is 2.26. The van der Waals surface area contributed by atoms with Gasteiger partial charge in [-0.1, -0.05) is 35.5 Å². The quantitative estimate of drug-likeness (QED) is 0.657. The van der Waals surface area contributed by atoms with Gasteiger partial charge in [-0.05, 0) is 31.7 Å². The van der Waals surface area contributed by atoms with E-state index >= 15 is 0 Å². The monoisotopic (exact) mass is 435 g/mol. The highest BCUT2D eigenvalue weighted by atomic mass is 16.5. The summed E-state index contributed by atoms with van der Waals surface area (Å²) in [5.41, 5.74) is 0.559. The lowest BCUT2D eigenvalue weighted by Crippen LogP contribution is -2.50. The SMILES string of the molecule is Cc1cc(NC(=O)Cn2cccc(C(=O)N3CCN(C)C[C@H]3c3ccccc3)c2=O)no1. The first kappa shape index (κ1) is 21.5. The minimum absolute atomic E-state index is 0.0445. The first-order valence-electron chi connectivity index (χ1n) is 10.4. The summed E-state index contributed by atoms with van der Waals surface area (Å²) in [4.78, 5) is 42.7. The largest absolute Gasteiger partial charge is 0.360 e. The van der Waals surface area contributed by atoms with Crippen molar-refractivity contribution in [2.45, 2.75) is 19.5 Å². The summed E-state index contributed by atoms with van der Waals surface area (Å²) in [6.45, 7) is 3.38. The molecule has 0 spiro atoms. The number of rotatable bonds is 5. The Balaban J connectivity index is 1.55. The predicted octanol–water partition coefficient (Wildman–Crippen LogP) is 1.91. The van der Waals surface area contributed by atoms with Crippen LogP contribution in [0.5, 0.6) is 0 Å². The molecule has 2 aromatic heterocycles. The number of hydrogen-bond donors (Lipinski definition) is 1. The normalized spacial score (nSPS) is 16.7. The molecular formula is C23H25N5O4. The Labute approximate surface area is 185 Å². The van der Waals surface area contributed by atoms with E-state index in [1.807, 2.05) is 37.4 Å². The summed E-state index contributed by atoms with van der Waals surface area (Å²) >= 11 is 0. The molecule has 0 radical (unpaired) electrons. The molecule has 0 saturated carbocycles. The maximum Gasteiger partial charge on any atom is 0.263 e. The van der Waals surface area contributed by atoms with Gasteiger partial charge in [0.1, 0.15) is 17.9 Å². The van der Waals surface area contributed by atoms with E-state index in [0.717, 1.165) is 12.1 Å².